The number of rotatable bonds is 4. The Morgan fingerprint density at radius 3 is 2.94 bits per heavy atom. The maximum Gasteiger partial charge on any atom is 0.319 e. The van der Waals surface area contributed by atoms with Crippen molar-refractivity contribution in [3.8, 4) is 0 Å². The minimum atomic E-state index is -0.364. The molecule has 16 heavy (non-hydrogen) atoms. The zero-order valence-electron chi connectivity index (χ0n) is 8.72. The predicted molar refractivity (Wildman–Crippen MR) is 63.0 cm³/mol. The van der Waals surface area contributed by atoms with Gasteiger partial charge in [-0.05, 0) is 34.1 Å². The lowest BCUT2D eigenvalue weighted by atomic mass is 10.3. The second-order valence-corrected chi connectivity index (χ2v) is 3.85. The van der Waals surface area contributed by atoms with Crippen molar-refractivity contribution in [2.75, 3.05) is 25.6 Å². The van der Waals surface area contributed by atoms with Crippen LogP contribution in [0.25, 0.3) is 0 Å². The van der Waals surface area contributed by atoms with Gasteiger partial charge in [-0.3, -0.25) is 0 Å². The zero-order chi connectivity index (χ0) is 12.0. The van der Waals surface area contributed by atoms with E-state index in [1.165, 1.54) is 18.2 Å². The summed E-state index contributed by atoms with van der Waals surface area (Å²) in [6, 6.07) is 3.68. The number of hydrogen-bond acceptors (Lipinski definition) is 2. The van der Waals surface area contributed by atoms with Gasteiger partial charge in [0.1, 0.15) is 5.82 Å². The molecular weight excluding hydrogens is 279 g/mol. The molecule has 1 aromatic rings. The Kier molecular flexibility index (Phi) is 5.21. The highest BCUT2D eigenvalue weighted by Crippen LogP contribution is 2.22. The molecule has 0 aromatic heterocycles. The Morgan fingerprint density at radius 1 is 1.56 bits per heavy atom. The minimum Gasteiger partial charge on any atom is -0.383 e. The highest BCUT2D eigenvalue weighted by atomic mass is 79.9. The average molecular weight is 291 g/mol. The first kappa shape index (κ1) is 12.9. The second kappa shape index (κ2) is 6.44. The molecular formula is C10H12BrFN2O2. The van der Waals surface area contributed by atoms with Gasteiger partial charge in [0.15, 0.2) is 0 Å². The van der Waals surface area contributed by atoms with Crippen LogP contribution in [0.4, 0.5) is 14.9 Å². The molecule has 6 heteroatoms. The van der Waals surface area contributed by atoms with E-state index in [2.05, 4.69) is 26.6 Å². The number of ether oxygens (including phenoxy) is 1. The van der Waals surface area contributed by atoms with Gasteiger partial charge >= 0.3 is 6.03 Å². The topological polar surface area (TPSA) is 50.4 Å². The van der Waals surface area contributed by atoms with E-state index in [0.29, 0.717) is 23.3 Å². The van der Waals surface area contributed by atoms with E-state index in [4.69, 9.17) is 4.74 Å². The van der Waals surface area contributed by atoms with Crippen molar-refractivity contribution in [1.82, 2.24) is 5.32 Å². The van der Waals surface area contributed by atoms with Crippen LogP contribution in [0.2, 0.25) is 0 Å². The number of carbonyl (C=O) groups is 1. The van der Waals surface area contributed by atoms with Crippen molar-refractivity contribution in [2.24, 2.45) is 0 Å². The molecule has 0 fully saturated rings. The first-order chi connectivity index (χ1) is 7.63. The van der Waals surface area contributed by atoms with Crippen LogP contribution in [-0.2, 0) is 4.74 Å². The molecule has 0 aliphatic heterocycles. The van der Waals surface area contributed by atoms with Crippen LogP contribution in [0.3, 0.4) is 0 Å². The molecule has 88 valence electrons. The summed E-state index contributed by atoms with van der Waals surface area (Å²) in [6.07, 6.45) is 0. The summed E-state index contributed by atoms with van der Waals surface area (Å²) < 4.78 is 18.0. The van der Waals surface area contributed by atoms with Crippen LogP contribution >= 0.6 is 15.9 Å². The third-order valence-corrected chi connectivity index (χ3v) is 2.43. The molecule has 0 radical (unpaired) electrons. The molecule has 0 atom stereocenters. The summed E-state index contributed by atoms with van der Waals surface area (Å²) in [5.74, 6) is -0.364. The van der Waals surface area contributed by atoms with Crippen molar-refractivity contribution >= 4 is 27.6 Å². The SMILES string of the molecule is COCCNC(=O)Nc1ccc(F)cc1Br. The number of hydrogen-bond donors (Lipinski definition) is 2. The standard InChI is InChI=1S/C10H12BrFN2O2/c1-16-5-4-13-10(15)14-9-3-2-7(12)6-8(9)11/h2-3,6H,4-5H2,1H3,(H2,13,14,15). The summed E-state index contributed by atoms with van der Waals surface area (Å²) >= 11 is 3.15. The van der Waals surface area contributed by atoms with Gasteiger partial charge in [0.25, 0.3) is 0 Å². The smallest absolute Gasteiger partial charge is 0.319 e. The van der Waals surface area contributed by atoms with Crippen LogP contribution in [0.1, 0.15) is 0 Å². The molecule has 1 aromatic carbocycles. The van der Waals surface area contributed by atoms with E-state index in [9.17, 15) is 9.18 Å². The highest BCUT2D eigenvalue weighted by molar-refractivity contribution is 9.10. The summed E-state index contributed by atoms with van der Waals surface area (Å²) in [6.45, 7) is 0.860. The van der Waals surface area contributed by atoms with Gasteiger partial charge in [-0.1, -0.05) is 0 Å². The van der Waals surface area contributed by atoms with Gasteiger partial charge in [0.2, 0.25) is 0 Å². The van der Waals surface area contributed by atoms with Crippen molar-refractivity contribution in [1.29, 1.82) is 0 Å². The van der Waals surface area contributed by atoms with Gasteiger partial charge < -0.3 is 15.4 Å². The average Bonchev–Trinajstić information content (AvgIpc) is 2.23. The maximum absolute atomic E-state index is 12.8. The third-order valence-electron chi connectivity index (χ3n) is 1.77. The number of nitrogens with one attached hydrogen (secondary N) is 2. The molecule has 2 N–H and O–H groups in total. The Labute approximate surface area is 101 Å². The Balaban J connectivity index is 2.49. The molecule has 0 aliphatic rings. The molecule has 0 bridgehead atoms. The Bertz CT molecular complexity index is 374. The number of urea groups is 1. The Hall–Kier alpha value is -1.14. The largest absolute Gasteiger partial charge is 0.383 e. The first-order valence-corrected chi connectivity index (χ1v) is 5.41. The normalized spacial score (nSPS) is 9.94. The van der Waals surface area contributed by atoms with Gasteiger partial charge in [0.05, 0.1) is 12.3 Å². The predicted octanol–water partition coefficient (Wildman–Crippen LogP) is 2.36. The van der Waals surface area contributed by atoms with E-state index < -0.39 is 0 Å². The number of methoxy groups -OCH3 is 1. The van der Waals surface area contributed by atoms with Gasteiger partial charge in [-0.25, -0.2) is 9.18 Å². The molecule has 0 saturated heterocycles. The molecule has 0 spiro atoms. The molecule has 0 aliphatic carbocycles. The van der Waals surface area contributed by atoms with Crippen molar-refractivity contribution in [2.45, 2.75) is 0 Å². The number of amides is 2. The number of anilines is 1. The summed E-state index contributed by atoms with van der Waals surface area (Å²) in [5, 5.41) is 5.16. The lowest BCUT2D eigenvalue weighted by Gasteiger charge is -2.08. The highest BCUT2D eigenvalue weighted by Gasteiger charge is 2.05. The van der Waals surface area contributed by atoms with Gasteiger partial charge in [0, 0.05) is 18.1 Å². The van der Waals surface area contributed by atoms with E-state index in [0.717, 1.165) is 0 Å². The fraction of sp³-hybridized carbons (Fsp3) is 0.300. The minimum absolute atomic E-state index is 0.357. The van der Waals surface area contributed by atoms with Crippen LogP contribution in [0.15, 0.2) is 22.7 Å². The summed E-state index contributed by atoms with van der Waals surface area (Å²) in [7, 11) is 1.55. The lowest BCUT2D eigenvalue weighted by Crippen LogP contribution is -2.31. The van der Waals surface area contributed by atoms with Crippen LogP contribution in [0.5, 0.6) is 0 Å². The number of carbonyl (C=O) groups excluding carboxylic acids is 1. The van der Waals surface area contributed by atoms with E-state index in [1.54, 1.807) is 7.11 Å². The Morgan fingerprint density at radius 2 is 2.31 bits per heavy atom. The molecule has 4 nitrogen and oxygen atoms in total. The quantitative estimate of drug-likeness (QED) is 0.837. The molecule has 0 heterocycles. The second-order valence-electron chi connectivity index (χ2n) is 3.00. The number of benzene rings is 1. The van der Waals surface area contributed by atoms with Crippen molar-refractivity contribution in [3.05, 3.63) is 28.5 Å². The third kappa shape index (κ3) is 4.16. The van der Waals surface area contributed by atoms with Crippen LogP contribution in [-0.4, -0.2) is 26.3 Å². The zero-order valence-corrected chi connectivity index (χ0v) is 10.3. The molecule has 1 rings (SSSR count). The van der Waals surface area contributed by atoms with Crippen LogP contribution < -0.4 is 10.6 Å². The van der Waals surface area contributed by atoms with E-state index >= 15 is 0 Å². The van der Waals surface area contributed by atoms with E-state index in [1.807, 2.05) is 0 Å². The summed E-state index contributed by atoms with van der Waals surface area (Å²) in [5.41, 5.74) is 0.510. The lowest BCUT2D eigenvalue weighted by molar-refractivity contribution is 0.198. The first-order valence-electron chi connectivity index (χ1n) is 4.62. The molecule has 0 unspecified atom stereocenters. The fourth-order valence-electron chi connectivity index (χ4n) is 1.02. The van der Waals surface area contributed by atoms with E-state index in [-0.39, 0.29) is 11.8 Å². The van der Waals surface area contributed by atoms with Crippen LogP contribution in [0, 0.1) is 5.82 Å². The molecule has 0 saturated carbocycles. The molecule has 2 amide bonds. The maximum atomic E-state index is 12.8. The van der Waals surface area contributed by atoms with Gasteiger partial charge in [-0.15, -0.1) is 0 Å². The van der Waals surface area contributed by atoms with Crippen molar-refractivity contribution in [3.63, 3.8) is 0 Å². The monoisotopic (exact) mass is 290 g/mol. The van der Waals surface area contributed by atoms with Gasteiger partial charge in [-0.2, -0.15) is 0 Å². The summed E-state index contributed by atoms with van der Waals surface area (Å²) in [4.78, 5) is 11.3. The fourth-order valence-corrected chi connectivity index (χ4v) is 1.47. The number of halogens is 2. The van der Waals surface area contributed by atoms with Crippen molar-refractivity contribution < 1.29 is 13.9 Å².